The molecule has 0 amide bonds. The van der Waals surface area contributed by atoms with E-state index >= 15 is 0 Å². The summed E-state index contributed by atoms with van der Waals surface area (Å²) in [4.78, 5) is 0.364. The monoisotopic (exact) mass is 545 g/mol. The number of hydrogen-bond donors (Lipinski definition) is 2. The topological polar surface area (TPSA) is 74.6 Å². The Morgan fingerprint density at radius 1 is 0.897 bits per heavy atom. The first-order valence-electron chi connectivity index (χ1n) is 13.8. The van der Waals surface area contributed by atoms with E-state index in [-0.39, 0.29) is 5.92 Å². The number of nitrogens with one attached hydrogen (secondary N) is 1. The molecule has 5 rings (SSSR count). The van der Waals surface area contributed by atoms with Crippen molar-refractivity contribution < 1.29 is 13.5 Å². The van der Waals surface area contributed by atoms with Crippen molar-refractivity contribution in [3.63, 3.8) is 0 Å². The van der Waals surface area contributed by atoms with Crippen molar-refractivity contribution in [1.29, 1.82) is 0 Å². The summed E-state index contributed by atoms with van der Waals surface area (Å²) in [7, 11) is -3.49. The fourth-order valence-electron chi connectivity index (χ4n) is 6.04. The number of fused-ring (bicyclic) bond motifs is 1. The van der Waals surface area contributed by atoms with Crippen molar-refractivity contribution in [2.45, 2.75) is 64.0 Å². The quantitative estimate of drug-likeness (QED) is 0.288. The summed E-state index contributed by atoms with van der Waals surface area (Å²) >= 11 is 0. The standard InChI is InChI=1S/C32H39N3O3S/c1-22-9-11-29(12-10-22)39(37,38)34-15-13-26(14-16-34)32-25(4)35(31-8-6-5-7-30(31)32)21-28(36)20-33-27-18-23(2)17-24(3)19-27/h5-12,17-19,26,28,33,36H,13-16,20-21H2,1-4H3/t28-/m0/s1. The molecule has 1 aromatic heterocycles. The summed E-state index contributed by atoms with van der Waals surface area (Å²) in [6, 6.07) is 21.8. The van der Waals surface area contributed by atoms with Crippen LogP contribution < -0.4 is 5.32 Å². The normalized spacial score (nSPS) is 16.0. The zero-order valence-electron chi connectivity index (χ0n) is 23.3. The van der Waals surface area contributed by atoms with Crippen LogP contribution in [0.25, 0.3) is 10.9 Å². The number of aliphatic hydroxyl groups is 1. The Labute approximate surface area is 232 Å². The van der Waals surface area contributed by atoms with Gasteiger partial charge in [-0.3, -0.25) is 0 Å². The SMILES string of the molecule is Cc1ccc(S(=O)(=O)N2CCC(c3c(C)n(C[C@@H](O)CNc4cc(C)cc(C)c4)c4ccccc34)CC2)cc1. The zero-order valence-corrected chi connectivity index (χ0v) is 24.1. The molecule has 6 nitrogen and oxygen atoms in total. The van der Waals surface area contributed by atoms with Crippen LogP contribution in [0.1, 0.15) is 46.7 Å². The Balaban J connectivity index is 1.32. The van der Waals surface area contributed by atoms with E-state index in [1.807, 2.05) is 25.1 Å². The van der Waals surface area contributed by atoms with Crippen LogP contribution in [-0.2, 0) is 16.6 Å². The van der Waals surface area contributed by atoms with E-state index < -0.39 is 16.1 Å². The first-order chi connectivity index (χ1) is 18.6. The maximum absolute atomic E-state index is 13.2. The van der Waals surface area contributed by atoms with Crippen molar-refractivity contribution >= 4 is 26.6 Å². The first-order valence-corrected chi connectivity index (χ1v) is 15.2. The minimum Gasteiger partial charge on any atom is -0.389 e. The number of aliphatic hydroxyl groups excluding tert-OH is 1. The van der Waals surface area contributed by atoms with Crippen molar-refractivity contribution in [2.75, 3.05) is 25.0 Å². The van der Waals surface area contributed by atoms with Crippen LogP contribution in [0.2, 0.25) is 0 Å². The Bertz CT molecular complexity index is 1550. The molecular weight excluding hydrogens is 506 g/mol. The lowest BCUT2D eigenvalue weighted by Crippen LogP contribution is -2.38. The third-order valence-corrected chi connectivity index (χ3v) is 9.87. The molecule has 3 aromatic carbocycles. The van der Waals surface area contributed by atoms with Crippen LogP contribution >= 0.6 is 0 Å². The van der Waals surface area contributed by atoms with Crippen LogP contribution in [0, 0.1) is 27.7 Å². The average molecular weight is 546 g/mol. The summed E-state index contributed by atoms with van der Waals surface area (Å²) in [6.07, 6.45) is 0.989. The average Bonchev–Trinajstić information content (AvgIpc) is 3.18. The van der Waals surface area contributed by atoms with Gasteiger partial charge in [0.1, 0.15) is 0 Å². The highest BCUT2D eigenvalue weighted by Crippen LogP contribution is 2.38. The van der Waals surface area contributed by atoms with E-state index in [0.29, 0.717) is 31.1 Å². The van der Waals surface area contributed by atoms with Gasteiger partial charge in [-0.2, -0.15) is 4.31 Å². The number of sulfonamides is 1. The van der Waals surface area contributed by atoms with Crippen molar-refractivity contribution in [2.24, 2.45) is 0 Å². The number of para-hydroxylation sites is 1. The molecule has 206 valence electrons. The van der Waals surface area contributed by atoms with Crippen LogP contribution in [0.3, 0.4) is 0 Å². The van der Waals surface area contributed by atoms with E-state index in [1.54, 1.807) is 16.4 Å². The lowest BCUT2D eigenvalue weighted by Gasteiger charge is -2.31. The Morgan fingerprint density at radius 3 is 2.21 bits per heavy atom. The molecule has 1 saturated heterocycles. The van der Waals surface area contributed by atoms with Crippen molar-refractivity contribution in [1.82, 2.24) is 8.87 Å². The summed E-state index contributed by atoms with van der Waals surface area (Å²) < 4.78 is 30.3. The van der Waals surface area contributed by atoms with Gasteiger partial charge < -0.3 is 15.0 Å². The highest BCUT2D eigenvalue weighted by atomic mass is 32.2. The lowest BCUT2D eigenvalue weighted by atomic mass is 9.88. The van der Waals surface area contributed by atoms with E-state index in [9.17, 15) is 13.5 Å². The van der Waals surface area contributed by atoms with E-state index in [4.69, 9.17) is 0 Å². The van der Waals surface area contributed by atoms with Gasteiger partial charge in [-0.15, -0.1) is 0 Å². The molecule has 1 aliphatic rings. The molecule has 1 atom stereocenters. The van der Waals surface area contributed by atoms with Crippen molar-refractivity contribution in [3.05, 3.63) is 94.7 Å². The Kier molecular flexibility index (Phi) is 7.85. The van der Waals surface area contributed by atoms with Gasteiger partial charge in [0.2, 0.25) is 10.0 Å². The molecule has 2 heterocycles. The van der Waals surface area contributed by atoms with Gasteiger partial charge in [-0.05, 0) is 93.5 Å². The van der Waals surface area contributed by atoms with Gasteiger partial charge in [-0.1, -0.05) is 42.0 Å². The second kappa shape index (κ2) is 11.2. The third-order valence-electron chi connectivity index (χ3n) is 7.96. The molecule has 1 fully saturated rings. The summed E-state index contributed by atoms with van der Waals surface area (Å²) in [5.74, 6) is 0.270. The molecule has 2 N–H and O–H groups in total. The predicted octanol–water partition coefficient (Wildman–Crippen LogP) is 5.92. The Hall–Kier alpha value is -3.13. The smallest absolute Gasteiger partial charge is 0.243 e. The molecule has 7 heteroatoms. The van der Waals surface area contributed by atoms with E-state index in [2.05, 4.69) is 67.1 Å². The molecule has 0 saturated carbocycles. The number of benzene rings is 3. The van der Waals surface area contributed by atoms with Gasteiger partial charge in [0, 0.05) is 41.9 Å². The zero-order chi connectivity index (χ0) is 27.7. The number of nitrogens with zero attached hydrogens (tertiary/aromatic N) is 2. The molecule has 1 aliphatic heterocycles. The summed E-state index contributed by atoms with van der Waals surface area (Å²) in [5, 5.41) is 15.6. The minimum absolute atomic E-state index is 0.270. The highest BCUT2D eigenvalue weighted by molar-refractivity contribution is 7.89. The molecule has 0 aliphatic carbocycles. The van der Waals surface area contributed by atoms with Gasteiger partial charge >= 0.3 is 0 Å². The Morgan fingerprint density at radius 2 is 1.54 bits per heavy atom. The molecule has 0 unspecified atom stereocenters. The predicted molar refractivity (Wildman–Crippen MR) is 159 cm³/mol. The fraction of sp³-hybridized carbons (Fsp3) is 0.375. The fourth-order valence-corrected chi connectivity index (χ4v) is 7.51. The number of anilines is 1. The second-order valence-corrected chi connectivity index (χ2v) is 13.0. The lowest BCUT2D eigenvalue weighted by molar-refractivity contribution is 0.167. The first kappa shape index (κ1) is 27.4. The minimum atomic E-state index is -3.49. The number of aromatic nitrogens is 1. The van der Waals surface area contributed by atoms with Crippen molar-refractivity contribution in [3.8, 4) is 0 Å². The van der Waals surface area contributed by atoms with E-state index in [0.717, 1.165) is 35.3 Å². The maximum atomic E-state index is 13.2. The largest absolute Gasteiger partial charge is 0.389 e. The van der Waals surface area contributed by atoms with E-state index in [1.165, 1.54) is 22.1 Å². The molecule has 0 radical (unpaired) electrons. The van der Waals surface area contributed by atoms with Crippen LogP contribution in [-0.4, -0.2) is 48.1 Å². The number of rotatable bonds is 8. The van der Waals surface area contributed by atoms with Gasteiger partial charge in [0.05, 0.1) is 17.5 Å². The third kappa shape index (κ3) is 5.76. The van der Waals surface area contributed by atoms with Crippen LogP contribution in [0.5, 0.6) is 0 Å². The molecule has 0 spiro atoms. The number of hydrogen-bond acceptors (Lipinski definition) is 4. The number of aryl methyl sites for hydroxylation is 3. The molecule has 4 aromatic rings. The molecular formula is C32H39N3O3S. The molecule has 0 bridgehead atoms. The number of piperidine rings is 1. The second-order valence-electron chi connectivity index (χ2n) is 11.0. The maximum Gasteiger partial charge on any atom is 0.243 e. The summed E-state index contributed by atoms with van der Waals surface area (Å²) in [6.45, 7) is 10.2. The molecule has 39 heavy (non-hydrogen) atoms. The van der Waals surface area contributed by atoms with Gasteiger partial charge in [0.15, 0.2) is 0 Å². The summed E-state index contributed by atoms with van der Waals surface area (Å²) in [5.41, 5.74) is 8.02. The van der Waals surface area contributed by atoms with Crippen LogP contribution in [0.15, 0.2) is 71.6 Å². The van der Waals surface area contributed by atoms with Gasteiger partial charge in [-0.25, -0.2) is 8.42 Å². The highest BCUT2D eigenvalue weighted by Gasteiger charge is 2.32. The van der Waals surface area contributed by atoms with Crippen LogP contribution in [0.4, 0.5) is 5.69 Å². The van der Waals surface area contributed by atoms with Gasteiger partial charge in [0.25, 0.3) is 0 Å².